The molecule has 9 fully saturated rings. The van der Waals surface area contributed by atoms with Crippen molar-refractivity contribution < 1.29 is 0 Å². The van der Waals surface area contributed by atoms with Crippen molar-refractivity contribution in [3.05, 3.63) is 12.2 Å². The molecule has 10 aliphatic carbocycles. The molecule has 0 saturated heterocycles. The lowest BCUT2D eigenvalue weighted by molar-refractivity contribution is 0.0260. The van der Waals surface area contributed by atoms with Gasteiger partial charge >= 0.3 is 0 Å². The summed E-state index contributed by atoms with van der Waals surface area (Å²) in [6.07, 6.45) is 117. The van der Waals surface area contributed by atoms with Gasteiger partial charge in [-0.2, -0.15) is 0 Å². The predicted octanol–water partition coefficient (Wildman–Crippen LogP) is 28.4. The van der Waals surface area contributed by atoms with Gasteiger partial charge in [-0.3, -0.25) is 19.6 Å². The SMILES string of the molecule is CC1CC(N(C2CC=CCC(N(C3CCCCCCCC3)C3CCCCCCC4CC4C3)CCCC2)C2CCCCCC(N(C3CCCCCCCCC3)C3CCCCCCCC3)CCCC2)CCCCC(N(C2CCCCCCCCCCCC2)C2CCCCCCCCC2)C1. The predicted molar refractivity (Wildman–Crippen MR) is 424 cm³/mol. The van der Waals surface area contributed by atoms with Crippen molar-refractivity contribution in [2.24, 2.45) is 17.8 Å². The number of nitrogens with zero attached hydrogens (tertiary/aromatic N) is 4. The first kappa shape index (κ1) is 79.2. The van der Waals surface area contributed by atoms with E-state index in [1.165, 1.54) is 462 Å². The molecule has 10 atom stereocenters. The Hall–Kier alpha value is -0.420. The van der Waals surface area contributed by atoms with Crippen LogP contribution in [0.15, 0.2) is 12.2 Å². The minimum absolute atomic E-state index is 0.714. The van der Waals surface area contributed by atoms with Crippen LogP contribution in [0.2, 0.25) is 0 Å². The molecular formula is C93H170N4. The maximum absolute atomic E-state index is 3.50. The average molecular weight is 1340 g/mol. The highest BCUT2D eigenvalue weighted by Gasteiger charge is 2.43. The Bertz CT molecular complexity index is 1910. The Balaban J connectivity index is 0.916. The molecule has 562 valence electrons. The molecule has 10 unspecified atom stereocenters. The smallest absolute Gasteiger partial charge is 0.0136 e. The zero-order valence-electron chi connectivity index (χ0n) is 65.6. The Morgan fingerprint density at radius 2 is 0.320 bits per heavy atom. The zero-order chi connectivity index (χ0) is 66.4. The fourth-order valence-corrected chi connectivity index (χ4v) is 24.2. The topological polar surface area (TPSA) is 13.0 Å². The van der Waals surface area contributed by atoms with Gasteiger partial charge in [-0.1, -0.05) is 340 Å². The highest BCUT2D eigenvalue weighted by molar-refractivity contribution is 5.01. The molecular weight excluding hydrogens is 1170 g/mol. The second-order valence-corrected chi connectivity index (χ2v) is 37.2. The molecule has 0 aromatic carbocycles. The van der Waals surface area contributed by atoms with E-state index < -0.39 is 0 Å². The van der Waals surface area contributed by atoms with E-state index >= 15 is 0 Å². The number of hydrogen-bond acceptors (Lipinski definition) is 4. The van der Waals surface area contributed by atoms with Gasteiger partial charge in [0.05, 0.1) is 0 Å². The summed E-state index contributed by atoms with van der Waals surface area (Å²) in [6, 6.07) is 9.63. The lowest BCUT2D eigenvalue weighted by atomic mass is 9.85. The van der Waals surface area contributed by atoms with Crippen LogP contribution in [0.5, 0.6) is 0 Å². The molecule has 0 amide bonds. The molecule has 0 N–H and O–H groups in total. The third-order valence-electron chi connectivity index (χ3n) is 29.6. The van der Waals surface area contributed by atoms with E-state index in [4.69, 9.17) is 0 Å². The summed E-state index contributed by atoms with van der Waals surface area (Å²) in [5.74, 6) is 2.91. The number of fused-ring (bicyclic) bond motifs is 1. The molecule has 0 aromatic heterocycles. The first-order valence-electron chi connectivity index (χ1n) is 46.9. The van der Waals surface area contributed by atoms with Crippen molar-refractivity contribution in [2.45, 2.75) is 561 Å². The first-order chi connectivity index (χ1) is 48.2. The van der Waals surface area contributed by atoms with E-state index in [2.05, 4.69) is 38.7 Å². The van der Waals surface area contributed by atoms with E-state index in [9.17, 15) is 0 Å². The van der Waals surface area contributed by atoms with Crippen LogP contribution in [0.25, 0.3) is 0 Å². The van der Waals surface area contributed by atoms with Gasteiger partial charge in [-0.15, -0.1) is 0 Å². The molecule has 10 rings (SSSR count). The summed E-state index contributed by atoms with van der Waals surface area (Å²) < 4.78 is 0. The van der Waals surface area contributed by atoms with Crippen LogP contribution in [0.3, 0.4) is 0 Å². The van der Waals surface area contributed by atoms with Gasteiger partial charge in [0.15, 0.2) is 0 Å². The fraction of sp³-hybridized carbons (Fsp3) is 0.978. The van der Waals surface area contributed by atoms with Gasteiger partial charge in [0.2, 0.25) is 0 Å². The van der Waals surface area contributed by atoms with Gasteiger partial charge in [0.1, 0.15) is 0 Å². The Morgan fingerprint density at radius 3 is 0.577 bits per heavy atom. The Morgan fingerprint density at radius 1 is 0.155 bits per heavy atom. The molecule has 9 saturated carbocycles. The maximum Gasteiger partial charge on any atom is 0.0136 e. The monoisotopic (exact) mass is 1340 g/mol. The van der Waals surface area contributed by atoms with Crippen molar-refractivity contribution in [3.63, 3.8) is 0 Å². The van der Waals surface area contributed by atoms with Crippen molar-refractivity contribution in [2.75, 3.05) is 0 Å². The third-order valence-corrected chi connectivity index (χ3v) is 29.6. The molecule has 0 bridgehead atoms. The second kappa shape index (κ2) is 47.9. The fourth-order valence-electron chi connectivity index (χ4n) is 24.2. The molecule has 0 heterocycles. The molecule has 4 nitrogen and oxygen atoms in total. The summed E-state index contributed by atoms with van der Waals surface area (Å²) >= 11 is 0. The van der Waals surface area contributed by atoms with E-state index in [1.54, 1.807) is 19.3 Å². The van der Waals surface area contributed by atoms with Crippen molar-refractivity contribution >= 4 is 0 Å². The van der Waals surface area contributed by atoms with Gasteiger partial charge in [-0.05, 0) is 178 Å². The molecule has 0 aromatic rings. The minimum atomic E-state index is 0.714. The first-order valence-corrected chi connectivity index (χ1v) is 46.9. The van der Waals surface area contributed by atoms with E-state index in [0.29, 0.717) is 6.04 Å². The zero-order valence-corrected chi connectivity index (χ0v) is 65.6. The van der Waals surface area contributed by atoms with Gasteiger partial charge in [0, 0.05) is 72.5 Å². The molecule has 0 radical (unpaired) electrons. The molecule has 4 heteroatoms. The summed E-state index contributed by atoms with van der Waals surface area (Å²) in [5.41, 5.74) is 0. The number of hydrogen-bond donors (Lipinski definition) is 0. The Kier molecular flexibility index (Phi) is 39.1. The second-order valence-electron chi connectivity index (χ2n) is 37.2. The highest BCUT2D eigenvalue weighted by Crippen LogP contribution is 2.49. The summed E-state index contributed by atoms with van der Waals surface area (Å²) in [7, 11) is 0. The van der Waals surface area contributed by atoms with E-state index in [-0.39, 0.29) is 0 Å². The van der Waals surface area contributed by atoms with Crippen LogP contribution in [-0.2, 0) is 0 Å². The van der Waals surface area contributed by atoms with Crippen LogP contribution < -0.4 is 0 Å². The van der Waals surface area contributed by atoms with Crippen molar-refractivity contribution in [3.8, 4) is 0 Å². The summed E-state index contributed by atoms with van der Waals surface area (Å²) in [5, 5.41) is 0. The van der Waals surface area contributed by atoms with Crippen LogP contribution >= 0.6 is 0 Å². The lowest BCUT2D eigenvalue weighted by Gasteiger charge is -2.47. The third kappa shape index (κ3) is 28.4. The summed E-state index contributed by atoms with van der Waals surface area (Å²) in [6.45, 7) is 2.85. The number of rotatable bonds is 12. The molecule has 97 heavy (non-hydrogen) atoms. The van der Waals surface area contributed by atoms with E-state index in [1.807, 2.05) is 0 Å². The average Bonchev–Trinajstić information content (AvgIpc) is 1.76. The largest absolute Gasteiger partial charge is 0.294 e. The lowest BCUT2D eigenvalue weighted by Crippen LogP contribution is -2.51. The van der Waals surface area contributed by atoms with Crippen LogP contribution in [-0.4, -0.2) is 92.1 Å². The van der Waals surface area contributed by atoms with Crippen molar-refractivity contribution in [1.82, 2.24) is 19.6 Å². The van der Waals surface area contributed by atoms with Gasteiger partial charge < -0.3 is 0 Å². The van der Waals surface area contributed by atoms with Gasteiger partial charge in [0.25, 0.3) is 0 Å². The van der Waals surface area contributed by atoms with Crippen LogP contribution in [0.1, 0.15) is 488 Å². The maximum atomic E-state index is 3.50. The Labute approximate surface area is 607 Å². The molecule has 10 aliphatic rings. The van der Waals surface area contributed by atoms with Crippen molar-refractivity contribution in [1.29, 1.82) is 0 Å². The quantitative estimate of drug-likeness (QED) is 0.181. The molecule has 0 aliphatic heterocycles. The van der Waals surface area contributed by atoms with Gasteiger partial charge in [-0.25, -0.2) is 0 Å². The van der Waals surface area contributed by atoms with E-state index in [0.717, 1.165) is 84.2 Å². The molecule has 0 spiro atoms. The normalized spacial score (nSPS) is 33.9. The van der Waals surface area contributed by atoms with Crippen LogP contribution in [0.4, 0.5) is 0 Å². The van der Waals surface area contributed by atoms with Crippen LogP contribution in [0, 0.1) is 17.8 Å². The standard InChI is InChI=1S/C93H170N4/c1-79-75-91(95(86-60-38-22-12-7-13-23-39-61-86)85-58-36-18-8-4-2-3-5-9-19-37-59-85)73-51-52-74-92(76-79)96(88-65-44-30-43-64-84(66-45-46-67-88)94(83-56-34-24-14-15-25-35-57-83)82-54-32-20-10-6-11-21-33-55-82)89-68-47-49-70-90(71-50-48-69-89)97(87-62-40-26-16-17-27-41-63-87)93-72-42-29-28-31-53-80-77-81(80)78-93/h47,49,79-93H,2-46,48,50-78H2,1H3. The summed E-state index contributed by atoms with van der Waals surface area (Å²) in [4.78, 5) is 13.8. The highest BCUT2D eigenvalue weighted by atomic mass is 15.2. The minimum Gasteiger partial charge on any atom is -0.294 e.